The molecule has 0 bridgehead atoms. The summed E-state index contributed by atoms with van der Waals surface area (Å²) in [6, 6.07) is 10.3. The Morgan fingerprint density at radius 3 is 2.63 bits per heavy atom. The van der Waals surface area contributed by atoms with E-state index in [4.69, 9.17) is 0 Å². The third-order valence-electron chi connectivity index (χ3n) is 3.76. The first-order valence-electron chi connectivity index (χ1n) is 6.61. The average Bonchev–Trinajstić information content (AvgIpc) is 2.38. The Bertz CT molecular complexity index is 578. The van der Waals surface area contributed by atoms with E-state index in [2.05, 4.69) is 22.0 Å². The van der Waals surface area contributed by atoms with E-state index in [9.17, 15) is 5.11 Å². The number of hydrogen-bond acceptors (Lipinski definition) is 3. The minimum atomic E-state index is -0.224. The molecule has 0 saturated carbocycles. The van der Waals surface area contributed by atoms with Crippen LogP contribution >= 0.6 is 0 Å². The molecule has 102 valence electrons. The summed E-state index contributed by atoms with van der Waals surface area (Å²) in [5.74, 6) is 0. The van der Waals surface area contributed by atoms with Gasteiger partial charge in [0, 0.05) is 23.2 Å². The zero-order chi connectivity index (χ0) is 14.0. The summed E-state index contributed by atoms with van der Waals surface area (Å²) >= 11 is 0. The van der Waals surface area contributed by atoms with Crippen molar-refractivity contribution in [2.24, 2.45) is 0 Å². The molecule has 1 N–H and O–H groups in total. The first kappa shape index (κ1) is 14.0. The molecule has 0 amide bonds. The number of benzene rings is 1. The predicted molar refractivity (Wildman–Crippen MR) is 79.1 cm³/mol. The number of nitrogens with zero attached hydrogens (tertiary/aromatic N) is 2. The highest BCUT2D eigenvalue weighted by Crippen LogP contribution is 2.22. The van der Waals surface area contributed by atoms with Gasteiger partial charge in [0.25, 0.3) is 0 Å². The van der Waals surface area contributed by atoms with Gasteiger partial charge in [0.05, 0.1) is 12.1 Å². The Kier molecular flexibility index (Phi) is 3.88. The maximum absolute atomic E-state index is 9.46. The quantitative estimate of drug-likeness (QED) is 0.916. The zero-order valence-corrected chi connectivity index (χ0v) is 12.1. The summed E-state index contributed by atoms with van der Waals surface area (Å²) in [6.07, 6.45) is 0. The van der Waals surface area contributed by atoms with Gasteiger partial charge >= 0.3 is 0 Å². The number of rotatable bonds is 4. The van der Waals surface area contributed by atoms with Crippen molar-refractivity contribution in [2.45, 2.75) is 32.9 Å². The molecule has 0 radical (unpaired) electrons. The van der Waals surface area contributed by atoms with Crippen LogP contribution in [0.2, 0.25) is 0 Å². The van der Waals surface area contributed by atoms with Crippen molar-refractivity contribution in [3.63, 3.8) is 0 Å². The SMILES string of the molecule is Cc1cc(CN(C)C(C)(C)CO)c2ccccc2n1. The van der Waals surface area contributed by atoms with Gasteiger partial charge in [0.2, 0.25) is 0 Å². The topological polar surface area (TPSA) is 36.4 Å². The number of aryl methyl sites for hydroxylation is 1. The number of aromatic nitrogens is 1. The Morgan fingerprint density at radius 2 is 1.95 bits per heavy atom. The molecule has 0 unspecified atom stereocenters. The van der Waals surface area contributed by atoms with Crippen LogP contribution in [-0.2, 0) is 6.54 Å². The zero-order valence-electron chi connectivity index (χ0n) is 12.1. The van der Waals surface area contributed by atoms with E-state index in [1.807, 2.05) is 46.0 Å². The third kappa shape index (κ3) is 2.94. The van der Waals surface area contributed by atoms with Crippen LogP contribution in [0.5, 0.6) is 0 Å². The van der Waals surface area contributed by atoms with E-state index in [1.54, 1.807) is 0 Å². The van der Waals surface area contributed by atoms with Crippen LogP contribution in [0.4, 0.5) is 0 Å². The lowest BCUT2D eigenvalue weighted by Gasteiger charge is -2.34. The molecule has 0 aliphatic rings. The Balaban J connectivity index is 2.40. The van der Waals surface area contributed by atoms with Crippen LogP contribution in [0.15, 0.2) is 30.3 Å². The van der Waals surface area contributed by atoms with Crippen LogP contribution in [0, 0.1) is 6.92 Å². The van der Waals surface area contributed by atoms with Crippen molar-refractivity contribution in [3.05, 3.63) is 41.6 Å². The maximum atomic E-state index is 9.46. The van der Waals surface area contributed by atoms with Crippen LogP contribution in [-0.4, -0.2) is 34.2 Å². The minimum absolute atomic E-state index is 0.144. The lowest BCUT2D eigenvalue weighted by Crippen LogP contribution is -2.43. The minimum Gasteiger partial charge on any atom is -0.394 e. The molecule has 3 nitrogen and oxygen atoms in total. The first-order chi connectivity index (χ1) is 8.94. The summed E-state index contributed by atoms with van der Waals surface area (Å²) in [4.78, 5) is 6.73. The van der Waals surface area contributed by atoms with Gasteiger partial charge in [-0.3, -0.25) is 9.88 Å². The highest BCUT2D eigenvalue weighted by atomic mass is 16.3. The van der Waals surface area contributed by atoms with Gasteiger partial charge in [0.1, 0.15) is 0 Å². The molecule has 0 fully saturated rings. The highest BCUT2D eigenvalue weighted by molar-refractivity contribution is 5.82. The summed E-state index contributed by atoms with van der Waals surface area (Å²) in [6.45, 7) is 7.06. The average molecular weight is 258 g/mol. The van der Waals surface area contributed by atoms with E-state index in [0.717, 1.165) is 17.8 Å². The van der Waals surface area contributed by atoms with Crippen LogP contribution in [0.3, 0.4) is 0 Å². The summed E-state index contributed by atoms with van der Waals surface area (Å²) in [5.41, 5.74) is 3.10. The predicted octanol–water partition coefficient (Wildman–Crippen LogP) is 2.75. The fraction of sp³-hybridized carbons (Fsp3) is 0.438. The molecular formula is C16H22N2O. The number of hydrogen-bond donors (Lipinski definition) is 1. The van der Waals surface area contributed by atoms with Gasteiger partial charge in [-0.25, -0.2) is 0 Å². The van der Waals surface area contributed by atoms with Crippen molar-refractivity contribution in [3.8, 4) is 0 Å². The van der Waals surface area contributed by atoms with Crippen LogP contribution in [0.25, 0.3) is 10.9 Å². The maximum Gasteiger partial charge on any atom is 0.0708 e. The van der Waals surface area contributed by atoms with Crippen molar-refractivity contribution in [1.29, 1.82) is 0 Å². The molecule has 0 aliphatic heterocycles. The summed E-state index contributed by atoms with van der Waals surface area (Å²) in [5, 5.41) is 10.6. The van der Waals surface area contributed by atoms with Gasteiger partial charge < -0.3 is 5.11 Å². The molecule has 2 rings (SSSR count). The number of pyridine rings is 1. The van der Waals surface area contributed by atoms with Gasteiger partial charge in [-0.1, -0.05) is 18.2 Å². The molecule has 3 heteroatoms. The number of fused-ring (bicyclic) bond motifs is 1. The Labute approximate surface area is 114 Å². The Hall–Kier alpha value is -1.45. The van der Waals surface area contributed by atoms with E-state index < -0.39 is 0 Å². The van der Waals surface area contributed by atoms with Crippen molar-refractivity contribution < 1.29 is 5.11 Å². The third-order valence-corrected chi connectivity index (χ3v) is 3.76. The lowest BCUT2D eigenvalue weighted by molar-refractivity contribution is 0.0737. The molecule has 1 aromatic carbocycles. The van der Waals surface area contributed by atoms with Gasteiger partial charge in [-0.05, 0) is 45.5 Å². The normalized spacial score (nSPS) is 12.3. The van der Waals surface area contributed by atoms with Gasteiger partial charge in [0.15, 0.2) is 0 Å². The number of likely N-dealkylation sites (N-methyl/N-ethyl adjacent to an activating group) is 1. The number of para-hydroxylation sites is 1. The molecule has 0 atom stereocenters. The molecule has 1 aromatic heterocycles. The van der Waals surface area contributed by atoms with Crippen molar-refractivity contribution >= 4 is 10.9 Å². The second-order valence-corrected chi connectivity index (χ2v) is 5.77. The Morgan fingerprint density at radius 1 is 1.26 bits per heavy atom. The van der Waals surface area contributed by atoms with Crippen molar-refractivity contribution in [2.75, 3.05) is 13.7 Å². The van der Waals surface area contributed by atoms with Crippen molar-refractivity contribution in [1.82, 2.24) is 9.88 Å². The molecule has 0 spiro atoms. The van der Waals surface area contributed by atoms with E-state index in [0.29, 0.717) is 0 Å². The van der Waals surface area contributed by atoms with E-state index >= 15 is 0 Å². The first-order valence-corrected chi connectivity index (χ1v) is 6.61. The van der Waals surface area contributed by atoms with Gasteiger partial charge in [-0.2, -0.15) is 0 Å². The fourth-order valence-electron chi connectivity index (χ4n) is 2.12. The van der Waals surface area contributed by atoms with Crippen LogP contribution in [0.1, 0.15) is 25.1 Å². The van der Waals surface area contributed by atoms with Gasteiger partial charge in [-0.15, -0.1) is 0 Å². The molecular weight excluding hydrogens is 236 g/mol. The second-order valence-electron chi connectivity index (χ2n) is 5.77. The standard InChI is InChI=1S/C16H22N2O/c1-12-9-13(10-18(4)16(2,3)11-19)14-7-5-6-8-15(14)17-12/h5-9,19H,10-11H2,1-4H3. The molecule has 1 heterocycles. The number of aliphatic hydroxyl groups is 1. The fourth-order valence-corrected chi connectivity index (χ4v) is 2.12. The smallest absolute Gasteiger partial charge is 0.0708 e. The summed E-state index contributed by atoms with van der Waals surface area (Å²) in [7, 11) is 2.04. The molecule has 0 saturated heterocycles. The largest absolute Gasteiger partial charge is 0.394 e. The second kappa shape index (κ2) is 5.27. The molecule has 2 aromatic rings. The molecule has 0 aliphatic carbocycles. The van der Waals surface area contributed by atoms with Crippen LogP contribution < -0.4 is 0 Å². The highest BCUT2D eigenvalue weighted by Gasteiger charge is 2.22. The van der Waals surface area contributed by atoms with E-state index in [1.165, 1.54) is 10.9 Å². The van der Waals surface area contributed by atoms with E-state index in [-0.39, 0.29) is 12.1 Å². The monoisotopic (exact) mass is 258 g/mol. The molecule has 19 heavy (non-hydrogen) atoms. The summed E-state index contributed by atoms with van der Waals surface area (Å²) < 4.78 is 0. The lowest BCUT2D eigenvalue weighted by atomic mass is 10.0. The number of aliphatic hydroxyl groups excluding tert-OH is 1.